The highest BCUT2D eigenvalue weighted by Gasteiger charge is 2.05. The van der Waals surface area contributed by atoms with Crippen molar-refractivity contribution in [3.8, 4) is 11.8 Å². The predicted octanol–water partition coefficient (Wildman–Crippen LogP) is 6.50. The first-order chi connectivity index (χ1) is 15.2. The number of carbonyl (C=O) groups is 1. The minimum Gasteiger partial charge on any atom is -0.465 e. The third kappa shape index (κ3) is 23.4. The lowest BCUT2D eigenvalue weighted by atomic mass is 10.1. The molecule has 4 nitrogen and oxygen atoms in total. The van der Waals surface area contributed by atoms with Gasteiger partial charge in [0.05, 0.1) is 0 Å². The van der Waals surface area contributed by atoms with Gasteiger partial charge >= 0.3 is 5.97 Å². The first kappa shape index (κ1) is 29.9. The summed E-state index contributed by atoms with van der Waals surface area (Å²) < 4.78 is 5.25. The fraction of sp³-hybridized carbons (Fsp3) is 0.889. The fourth-order valence-electron chi connectivity index (χ4n) is 3.61. The van der Waals surface area contributed by atoms with E-state index in [4.69, 9.17) is 9.84 Å². The Morgan fingerprint density at radius 1 is 0.710 bits per heavy atom. The zero-order valence-electron chi connectivity index (χ0n) is 20.8. The lowest BCUT2D eigenvalue weighted by molar-refractivity contribution is -0.143. The van der Waals surface area contributed by atoms with Gasteiger partial charge in [-0.1, -0.05) is 77.6 Å². The van der Waals surface area contributed by atoms with Crippen LogP contribution < -0.4 is 0 Å². The SMILES string of the molecule is CCCCC#CCCOC(=O)CCCCCCCN(CCCO)CCCCCCCC. The first-order valence-electron chi connectivity index (χ1n) is 13.2. The molecule has 0 aliphatic carbocycles. The molecule has 0 aromatic heterocycles. The summed E-state index contributed by atoms with van der Waals surface area (Å²) in [5.74, 6) is 6.10. The molecule has 0 fully saturated rings. The molecule has 0 unspecified atom stereocenters. The molecular formula is C27H51NO3. The maximum absolute atomic E-state index is 11.7. The van der Waals surface area contributed by atoms with Gasteiger partial charge < -0.3 is 14.7 Å². The summed E-state index contributed by atoms with van der Waals surface area (Å²) >= 11 is 0. The Hall–Kier alpha value is -1.05. The zero-order chi connectivity index (χ0) is 22.8. The molecule has 0 heterocycles. The molecule has 0 atom stereocenters. The van der Waals surface area contributed by atoms with Gasteiger partial charge in [-0.25, -0.2) is 0 Å². The van der Waals surface area contributed by atoms with Gasteiger partial charge in [-0.15, -0.1) is 5.92 Å². The third-order valence-electron chi connectivity index (χ3n) is 5.59. The average molecular weight is 438 g/mol. The number of aliphatic hydroxyl groups excluding tert-OH is 1. The van der Waals surface area contributed by atoms with Crippen LogP contribution in [0.3, 0.4) is 0 Å². The van der Waals surface area contributed by atoms with Crippen molar-refractivity contribution < 1.29 is 14.6 Å². The van der Waals surface area contributed by atoms with E-state index in [0.717, 1.165) is 45.2 Å². The van der Waals surface area contributed by atoms with Gasteiger partial charge in [0.1, 0.15) is 6.61 Å². The summed E-state index contributed by atoms with van der Waals surface area (Å²) in [6.45, 7) is 8.45. The topological polar surface area (TPSA) is 49.8 Å². The normalized spacial score (nSPS) is 10.8. The monoisotopic (exact) mass is 437 g/mol. The van der Waals surface area contributed by atoms with Crippen LogP contribution >= 0.6 is 0 Å². The molecule has 31 heavy (non-hydrogen) atoms. The maximum atomic E-state index is 11.7. The van der Waals surface area contributed by atoms with Crippen LogP contribution in [0, 0.1) is 11.8 Å². The Labute approximate surface area is 193 Å². The molecule has 0 aliphatic rings. The van der Waals surface area contributed by atoms with Gasteiger partial charge in [-0.2, -0.15) is 0 Å². The smallest absolute Gasteiger partial charge is 0.305 e. The molecule has 0 saturated heterocycles. The van der Waals surface area contributed by atoms with Crippen LogP contribution in [0.1, 0.15) is 123 Å². The van der Waals surface area contributed by atoms with E-state index in [2.05, 4.69) is 30.6 Å². The third-order valence-corrected chi connectivity index (χ3v) is 5.59. The molecule has 0 aliphatic heterocycles. The second kappa shape index (κ2) is 25.2. The van der Waals surface area contributed by atoms with Gasteiger partial charge in [0.15, 0.2) is 0 Å². The van der Waals surface area contributed by atoms with E-state index < -0.39 is 0 Å². The van der Waals surface area contributed by atoms with Crippen molar-refractivity contribution in [3.63, 3.8) is 0 Å². The summed E-state index contributed by atoms with van der Waals surface area (Å²) in [5, 5.41) is 9.14. The molecule has 0 bridgehead atoms. The summed E-state index contributed by atoms with van der Waals surface area (Å²) in [6.07, 6.45) is 19.0. The first-order valence-corrected chi connectivity index (χ1v) is 13.2. The Morgan fingerprint density at radius 2 is 1.26 bits per heavy atom. The Balaban J connectivity index is 3.63. The minimum atomic E-state index is -0.0792. The summed E-state index contributed by atoms with van der Waals surface area (Å²) in [6, 6.07) is 0. The van der Waals surface area contributed by atoms with Gasteiger partial charge in [0, 0.05) is 32.4 Å². The summed E-state index contributed by atoms with van der Waals surface area (Å²) in [7, 11) is 0. The average Bonchev–Trinajstić information content (AvgIpc) is 2.77. The quantitative estimate of drug-likeness (QED) is 0.119. The van der Waals surface area contributed by atoms with Gasteiger partial charge in [-0.05, 0) is 45.2 Å². The van der Waals surface area contributed by atoms with Gasteiger partial charge in [0.2, 0.25) is 0 Å². The van der Waals surface area contributed by atoms with Crippen molar-refractivity contribution in [1.82, 2.24) is 4.90 Å². The largest absolute Gasteiger partial charge is 0.465 e. The molecular weight excluding hydrogens is 386 g/mol. The van der Waals surface area contributed by atoms with Crippen molar-refractivity contribution in [3.05, 3.63) is 0 Å². The highest BCUT2D eigenvalue weighted by Crippen LogP contribution is 2.10. The van der Waals surface area contributed by atoms with Gasteiger partial charge in [-0.3, -0.25) is 4.79 Å². The van der Waals surface area contributed by atoms with Crippen molar-refractivity contribution in [2.45, 2.75) is 123 Å². The highest BCUT2D eigenvalue weighted by atomic mass is 16.5. The molecule has 0 aromatic carbocycles. The minimum absolute atomic E-state index is 0.0792. The second-order valence-electron chi connectivity index (χ2n) is 8.63. The predicted molar refractivity (Wildman–Crippen MR) is 132 cm³/mol. The van der Waals surface area contributed by atoms with Crippen LogP contribution in [0.4, 0.5) is 0 Å². The van der Waals surface area contributed by atoms with E-state index in [1.165, 1.54) is 70.8 Å². The van der Waals surface area contributed by atoms with E-state index in [1.54, 1.807) is 0 Å². The van der Waals surface area contributed by atoms with Crippen LogP contribution in [-0.2, 0) is 9.53 Å². The van der Waals surface area contributed by atoms with E-state index in [9.17, 15) is 4.79 Å². The number of aliphatic hydroxyl groups is 1. The van der Waals surface area contributed by atoms with E-state index in [0.29, 0.717) is 19.4 Å². The summed E-state index contributed by atoms with van der Waals surface area (Å²) in [4.78, 5) is 14.3. The standard InChI is InChI=1S/C27H51NO3/c1-3-5-7-9-13-17-22-28(24-20-25-29)23-18-14-11-12-16-21-27(30)31-26-19-15-10-8-6-4-2/h29H,3-9,11-14,16-26H2,1-2H3. The molecule has 0 aromatic rings. The summed E-state index contributed by atoms with van der Waals surface area (Å²) in [5.41, 5.74) is 0. The molecule has 0 spiro atoms. The van der Waals surface area contributed by atoms with E-state index >= 15 is 0 Å². The van der Waals surface area contributed by atoms with E-state index in [1.807, 2.05) is 0 Å². The number of esters is 1. The molecule has 0 amide bonds. The lowest BCUT2D eigenvalue weighted by Crippen LogP contribution is -2.27. The van der Waals surface area contributed by atoms with Crippen LogP contribution in [0.25, 0.3) is 0 Å². The molecule has 182 valence electrons. The number of ether oxygens (including phenoxy) is 1. The number of rotatable bonds is 22. The van der Waals surface area contributed by atoms with E-state index in [-0.39, 0.29) is 12.6 Å². The molecule has 0 saturated carbocycles. The van der Waals surface area contributed by atoms with Crippen molar-refractivity contribution in [1.29, 1.82) is 0 Å². The molecule has 4 heteroatoms. The number of hydrogen-bond acceptors (Lipinski definition) is 4. The number of carbonyl (C=O) groups excluding carboxylic acids is 1. The van der Waals surface area contributed by atoms with Crippen LogP contribution in [0.15, 0.2) is 0 Å². The van der Waals surface area contributed by atoms with Crippen LogP contribution in [0.2, 0.25) is 0 Å². The number of unbranched alkanes of at least 4 members (excludes halogenated alkanes) is 11. The molecule has 0 radical (unpaired) electrons. The van der Waals surface area contributed by atoms with Crippen molar-refractivity contribution in [2.24, 2.45) is 0 Å². The Bertz CT molecular complexity index is 441. The number of hydrogen-bond donors (Lipinski definition) is 1. The molecule has 0 rings (SSSR count). The lowest BCUT2D eigenvalue weighted by Gasteiger charge is -2.22. The second-order valence-corrected chi connectivity index (χ2v) is 8.63. The van der Waals surface area contributed by atoms with Crippen molar-refractivity contribution >= 4 is 5.97 Å². The Kier molecular flexibility index (Phi) is 24.4. The van der Waals surface area contributed by atoms with Crippen LogP contribution in [0.5, 0.6) is 0 Å². The molecule has 1 N–H and O–H groups in total. The Morgan fingerprint density at radius 3 is 1.90 bits per heavy atom. The van der Waals surface area contributed by atoms with Gasteiger partial charge in [0.25, 0.3) is 0 Å². The highest BCUT2D eigenvalue weighted by molar-refractivity contribution is 5.69. The van der Waals surface area contributed by atoms with Crippen LogP contribution in [-0.4, -0.2) is 48.8 Å². The van der Waals surface area contributed by atoms with Crippen molar-refractivity contribution in [2.75, 3.05) is 32.8 Å². The number of nitrogens with zero attached hydrogens (tertiary/aromatic N) is 1. The fourth-order valence-corrected chi connectivity index (χ4v) is 3.61. The zero-order valence-corrected chi connectivity index (χ0v) is 20.8. The maximum Gasteiger partial charge on any atom is 0.305 e.